The summed E-state index contributed by atoms with van der Waals surface area (Å²) in [6.45, 7) is 3.10. The second-order valence-corrected chi connectivity index (χ2v) is 8.82. The Balaban J connectivity index is 1.59. The third-order valence-corrected chi connectivity index (χ3v) is 6.46. The second kappa shape index (κ2) is 8.52. The molecule has 1 saturated heterocycles. The van der Waals surface area contributed by atoms with Gasteiger partial charge >= 0.3 is 0 Å². The average molecular weight is 451 g/mol. The third-order valence-electron chi connectivity index (χ3n) is 6.21. The first-order chi connectivity index (χ1) is 15.5. The zero-order valence-electron chi connectivity index (χ0n) is 17.9. The predicted molar refractivity (Wildman–Crippen MR) is 125 cm³/mol. The Kier molecular flexibility index (Phi) is 5.57. The summed E-state index contributed by atoms with van der Waals surface area (Å²) in [5.41, 5.74) is 5.30. The molecule has 0 atom stereocenters. The summed E-state index contributed by atoms with van der Waals surface area (Å²) in [7, 11) is 2.07. The van der Waals surface area contributed by atoms with E-state index in [2.05, 4.69) is 18.0 Å². The number of rotatable bonds is 3. The molecule has 0 N–H and O–H groups in total. The van der Waals surface area contributed by atoms with Gasteiger partial charge in [-0.05, 0) is 73.5 Å². The summed E-state index contributed by atoms with van der Waals surface area (Å²) in [4.78, 5) is 17.5. The zero-order valence-corrected chi connectivity index (χ0v) is 18.6. The number of carbonyl (C=O) groups excluding carboxylic acids is 1. The molecule has 5 rings (SSSR count). The van der Waals surface area contributed by atoms with Gasteiger partial charge in [0.1, 0.15) is 5.82 Å². The number of carbonyl (C=O) groups is 1. The van der Waals surface area contributed by atoms with Crippen LogP contribution >= 0.6 is 11.6 Å². The van der Waals surface area contributed by atoms with E-state index in [-0.39, 0.29) is 11.7 Å². The normalized spacial score (nSPS) is 17.7. The van der Waals surface area contributed by atoms with Crippen LogP contribution in [0.2, 0.25) is 5.02 Å². The van der Waals surface area contributed by atoms with Crippen molar-refractivity contribution in [3.05, 3.63) is 81.9 Å². The monoisotopic (exact) mass is 450 g/mol. The molecule has 1 amide bonds. The van der Waals surface area contributed by atoms with E-state index in [0.717, 1.165) is 54.0 Å². The number of nitrogens with zero attached hydrogens (tertiary/aromatic N) is 4. The Bertz CT molecular complexity index is 1180. The lowest BCUT2D eigenvalue weighted by Gasteiger charge is -2.32. The molecule has 1 aliphatic carbocycles. The van der Waals surface area contributed by atoms with E-state index >= 15 is 0 Å². The van der Waals surface area contributed by atoms with Crippen molar-refractivity contribution in [2.75, 3.05) is 33.2 Å². The van der Waals surface area contributed by atoms with Gasteiger partial charge in [-0.2, -0.15) is 5.10 Å². The Morgan fingerprint density at radius 3 is 2.38 bits per heavy atom. The van der Waals surface area contributed by atoms with E-state index in [9.17, 15) is 9.18 Å². The van der Waals surface area contributed by atoms with Gasteiger partial charge in [0.2, 0.25) is 0 Å². The van der Waals surface area contributed by atoms with Crippen molar-refractivity contribution < 1.29 is 9.18 Å². The molecule has 0 unspecified atom stereocenters. The van der Waals surface area contributed by atoms with Crippen molar-refractivity contribution in [1.82, 2.24) is 19.6 Å². The molecule has 164 valence electrons. The van der Waals surface area contributed by atoms with Crippen molar-refractivity contribution in [2.45, 2.75) is 12.8 Å². The van der Waals surface area contributed by atoms with E-state index in [1.165, 1.54) is 12.1 Å². The lowest BCUT2D eigenvalue weighted by atomic mass is 10.1. The highest BCUT2D eigenvalue weighted by molar-refractivity contribution is 6.30. The fourth-order valence-electron chi connectivity index (χ4n) is 4.40. The summed E-state index contributed by atoms with van der Waals surface area (Å²) >= 11 is 6.04. The number of benzene rings is 2. The number of hydrogen-bond acceptors (Lipinski definition) is 3. The number of likely N-dealkylation sites (N-methyl/N-ethyl adjacent to an activating group) is 1. The van der Waals surface area contributed by atoms with Gasteiger partial charge in [-0.15, -0.1) is 0 Å². The molecule has 2 aromatic carbocycles. The predicted octanol–water partition coefficient (Wildman–Crippen LogP) is 4.54. The van der Waals surface area contributed by atoms with Crippen LogP contribution in [-0.2, 0) is 6.42 Å². The number of piperazine rings is 1. The molecule has 0 bridgehead atoms. The first-order valence-electron chi connectivity index (χ1n) is 10.8. The quantitative estimate of drug-likeness (QED) is 0.588. The smallest absolute Gasteiger partial charge is 0.274 e. The van der Waals surface area contributed by atoms with Crippen LogP contribution < -0.4 is 0 Å². The van der Waals surface area contributed by atoms with Crippen LogP contribution in [0.4, 0.5) is 4.39 Å². The van der Waals surface area contributed by atoms with Crippen molar-refractivity contribution in [2.24, 2.45) is 0 Å². The Morgan fingerprint density at radius 2 is 1.69 bits per heavy atom. The first kappa shape index (κ1) is 20.9. The van der Waals surface area contributed by atoms with Gasteiger partial charge in [0, 0.05) is 36.8 Å². The minimum atomic E-state index is -0.303. The van der Waals surface area contributed by atoms with Crippen LogP contribution in [0.3, 0.4) is 0 Å². The highest BCUT2D eigenvalue weighted by Crippen LogP contribution is 2.38. The average Bonchev–Trinajstić information content (AvgIpc) is 3.37. The van der Waals surface area contributed by atoms with E-state index < -0.39 is 0 Å². The largest absolute Gasteiger partial charge is 0.335 e. The fraction of sp³-hybridized carbons (Fsp3) is 0.280. The summed E-state index contributed by atoms with van der Waals surface area (Å²) in [5, 5.41) is 5.45. The van der Waals surface area contributed by atoms with Crippen LogP contribution in [0.5, 0.6) is 0 Å². The molecule has 1 aromatic heterocycles. The van der Waals surface area contributed by atoms with E-state index in [4.69, 9.17) is 16.7 Å². The molecule has 0 saturated carbocycles. The van der Waals surface area contributed by atoms with E-state index in [1.54, 1.807) is 16.8 Å². The molecule has 2 aliphatic rings. The van der Waals surface area contributed by atoms with Crippen LogP contribution in [0.15, 0.2) is 48.5 Å². The van der Waals surface area contributed by atoms with Crippen LogP contribution in [0.25, 0.3) is 17.3 Å². The Morgan fingerprint density at radius 1 is 1.00 bits per heavy atom. The van der Waals surface area contributed by atoms with Gasteiger partial charge in [0.15, 0.2) is 5.69 Å². The lowest BCUT2D eigenvalue weighted by Crippen LogP contribution is -2.47. The van der Waals surface area contributed by atoms with Gasteiger partial charge in [-0.1, -0.05) is 23.7 Å². The minimum absolute atomic E-state index is 0.0250. The number of amides is 1. The number of fused-ring (bicyclic) bond motifs is 1. The second-order valence-electron chi connectivity index (χ2n) is 8.38. The molecule has 32 heavy (non-hydrogen) atoms. The number of allylic oxidation sites excluding steroid dienone is 1. The van der Waals surface area contributed by atoms with Crippen molar-refractivity contribution >= 4 is 29.2 Å². The number of halogens is 2. The summed E-state index contributed by atoms with van der Waals surface area (Å²) in [6, 6.07) is 13.9. The highest BCUT2D eigenvalue weighted by atomic mass is 35.5. The van der Waals surface area contributed by atoms with Gasteiger partial charge in [-0.25, -0.2) is 9.07 Å². The van der Waals surface area contributed by atoms with Gasteiger partial charge < -0.3 is 9.80 Å². The Labute approximate surface area is 191 Å². The van der Waals surface area contributed by atoms with Crippen LogP contribution in [-0.4, -0.2) is 58.7 Å². The number of hydrogen-bond donors (Lipinski definition) is 0. The minimum Gasteiger partial charge on any atom is -0.335 e. The standard InChI is InChI=1S/C25H24ClFN4O/c1-29-12-14-30(15-13-29)25(32)23-22-11-4-18(16-17-2-5-19(26)6-3-17)24(22)31(28-23)21-9-7-20(27)8-10-21/h2-3,5-10,16H,4,11-15H2,1H3/b18-16-. The molecule has 7 heteroatoms. The molecule has 0 spiro atoms. The fourth-order valence-corrected chi connectivity index (χ4v) is 4.52. The molecule has 1 aliphatic heterocycles. The molecular weight excluding hydrogens is 427 g/mol. The van der Waals surface area contributed by atoms with Gasteiger partial charge in [0.05, 0.1) is 11.4 Å². The molecule has 2 heterocycles. The topological polar surface area (TPSA) is 41.4 Å². The maximum atomic E-state index is 13.6. The molecule has 0 radical (unpaired) electrons. The van der Waals surface area contributed by atoms with Crippen LogP contribution in [0.1, 0.15) is 33.7 Å². The van der Waals surface area contributed by atoms with Crippen LogP contribution in [0, 0.1) is 5.82 Å². The van der Waals surface area contributed by atoms with Gasteiger partial charge in [0.25, 0.3) is 5.91 Å². The summed E-state index contributed by atoms with van der Waals surface area (Å²) < 4.78 is 15.4. The van der Waals surface area contributed by atoms with Gasteiger partial charge in [-0.3, -0.25) is 4.79 Å². The molecule has 5 nitrogen and oxygen atoms in total. The molecule has 3 aromatic rings. The maximum absolute atomic E-state index is 13.6. The highest BCUT2D eigenvalue weighted by Gasteiger charge is 2.32. The summed E-state index contributed by atoms with van der Waals surface area (Å²) in [5.74, 6) is -0.328. The maximum Gasteiger partial charge on any atom is 0.274 e. The van der Waals surface area contributed by atoms with Crippen molar-refractivity contribution in [1.29, 1.82) is 0 Å². The van der Waals surface area contributed by atoms with Crippen molar-refractivity contribution in [3.63, 3.8) is 0 Å². The number of aromatic nitrogens is 2. The lowest BCUT2D eigenvalue weighted by molar-refractivity contribution is 0.0656. The van der Waals surface area contributed by atoms with Crippen molar-refractivity contribution in [3.8, 4) is 5.69 Å². The summed E-state index contributed by atoms with van der Waals surface area (Å²) in [6.07, 6.45) is 3.69. The van der Waals surface area contributed by atoms with E-state index in [0.29, 0.717) is 23.8 Å². The molecular formula is C25H24ClFN4O. The Hall–Kier alpha value is -2.96. The third kappa shape index (κ3) is 3.96. The first-order valence-corrected chi connectivity index (χ1v) is 11.2. The van der Waals surface area contributed by atoms with E-state index in [1.807, 2.05) is 29.2 Å². The SMILES string of the molecule is CN1CCN(C(=O)c2nn(-c3ccc(F)cc3)c3c2CC/C3=C/c2ccc(Cl)cc2)CC1. The molecule has 1 fully saturated rings. The zero-order chi connectivity index (χ0) is 22.2.